The lowest BCUT2D eigenvalue weighted by molar-refractivity contribution is 0.418. The van der Waals surface area contributed by atoms with Crippen LogP contribution in [0.2, 0.25) is 0 Å². The normalized spacial score (nSPS) is 10.5. The van der Waals surface area contributed by atoms with E-state index in [-0.39, 0.29) is 0 Å². The highest BCUT2D eigenvalue weighted by atomic mass is 79.9. The van der Waals surface area contributed by atoms with Crippen LogP contribution in [0.5, 0.6) is 5.75 Å². The predicted molar refractivity (Wildman–Crippen MR) is 60.7 cm³/mol. The Morgan fingerprint density at radius 2 is 2.07 bits per heavy atom. The number of rotatable bonds is 1. The number of pyridine rings is 1. The van der Waals surface area contributed by atoms with Crippen molar-refractivity contribution < 1.29 is 4.74 Å². The molecule has 0 atom stereocenters. The summed E-state index contributed by atoms with van der Waals surface area (Å²) < 4.78 is 6.11. The minimum Gasteiger partial charge on any atom is -0.494 e. The highest BCUT2D eigenvalue weighted by molar-refractivity contribution is 9.10. The number of benzene rings is 1. The lowest BCUT2D eigenvalue weighted by Crippen LogP contribution is -1.89. The van der Waals surface area contributed by atoms with E-state index in [1.807, 2.05) is 25.1 Å². The maximum Gasteiger partial charge on any atom is 0.145 e. The largest absolute Gasteiger partial charge is 0.494 e. The Kier molecular flexibility index (Phi) is 2.42. The summed E-state index contributed by atoms with van der Waals surface area (Å²) >= 11 is 3.35. The average Bonchev–Trinajstić information content (AvgIpc) is 2.17. The average molecular weight is 252 g/mol. The highest BCUT2D eigenvalue weighted by Crippen LogP contribution is 2.26. The fourth-order valence-corrected chi connectivity index (χ4v) is 1.79. The minimum atomic E-state index is 0.821. The maximum atomic E-state index is 5.28. The van der Waals surface area contributed by atoms with E-state index < -0.39 is 0 Å². The zero-order valence-electron chi connectivity index (χ0n) is 8.04. The van der Waals surface area contributed by atoms with Crippen LogP contribution in [0.4, 0.5) is 0 Å². The molecular formula is C11H10BrNO. The SMILES string of the molecule is COc1cc(C)cc2ccc(Br)nc12. The summed E-state index contributed by atoms with van der Waals surface area (Å²) in [5, 5.41) is 1.10. The van der Waals surface area contributed by atoms with Crippen LogP contribution in [0.25, 0.3) is 10.9 Å². The quantitative estimate of drug-likeness (QED) is 0.726. The summed E-state index contributed by atoms with van der Waals surface area (Å²) in [5.41, 5.74) is 2.07. The van der Waals surface area contributed by atoms with Crippen molar-refractivity contribution in [3.63, 3.8) is 0 Å². The molecule has 0 spiro atoms. The number of ether oxygens (including phenoxy) is 1. The van der Waals surface area contributed by atoms with Crippen molar-refractivity contribution >= 4 is 26.8 Å². The molecule has 1 heterocycles. The van der Waals surface area contributed by atoms with Crippen LogP contribution in [0.1, 0.15) is 5.56 Å². The van der Waals surface area contributed by atoms with Gasteiger partial charge < -0.3 is 4.74 Å². The van der Waals surface area contributed by atoms with Gasteiger partial charge in [-0.05, 0) is 52.7 Å². The first-order chi connectivity index (χ1) is 6.70. The number of halogens is 1. The summed E-state index contributed by atoms with van der Waals surface area (Å²) in [7, 11) is 1.66. The van der Waals surface area contributed by atoms with Gasteiger partial charge in [-0.1, -0.05) is 0 Å². The van der Waals surface area contributed by atoms with Crippen LogP contribution in [0.15, 0.2) is 28.9 Å². The minimum absolute atomic E-state index is 0.821. The van der Waals surface area contributed by atoms with Crippen LogP contribution in [0.3, 0.4) is 0 Å². The molecule has 0 aliphatic carbocycles. The molecule has 3 heteroatoms. The van der Waals surface area contributed by atoms with Gasteiger partial charge in [0, 0.05) is 5.39 Å². The fraction of sp³-hybridized carbons (Fsp3) is 0.182. The van der Waals surface area contributed by atoms with E-state index in [9.17, 15) is 0 Å². The lowest BCUT2D eigenvalue weighted by Gasteiger charge is -2.06. The zero-order valence-corrected chi connectivity index (χ0v) is 9.63. The Balaban J connectivity index is 2.81. The Labute approximate surface area is 91.0 Å². The first-order valence-electron chi connectivity index (χ1n) is 4.31. The zero-order chi connectivity index (χ0) is 10.1. The van der Waals surface area contributed by atoms with Crippen molar-refractivity contribution in [1.29, 1.82) is 0 Å². The fourth-order valence-electron chi connectivity index (χ4n) is 1.48. The van der Waals surface area contributed by atoms with Gasteiger partial charge >= 0.3 is 0 Å². The predicted octanol–water partition coefficient (Wildman–Crippen LogP) is 3.31. The van der Waals surface area contributed by atoms with Crippen molar-refractivity contribution in [3.8, 4) is 5.75 Å². The Morgan fingerprint density at radius 3 is 2.79 bits per heavy atom. The van der Waals surface area contributed by atoms with Gasteiger partial charge in [0.25, 0.3) is 0 Å². The molecule has 1 aromatic heterocycles. The summed E-state index contributed by atoms with van der Waals surface area (Å²) in [5.74, 6) is 0.821. The monoisotopic (exact) mass is 251 g/mol. The second-order valence-electron chi connectivity index (χ2n) is 3.17. The smallest absolute Gasteiger partial charge is 0.145 e. The van der Waals surface area contributed by atoms with Crippen molar-refractivity contribution in [2.75, 3.05) is 7.11 Å². The summed E-state index contributed by atoms with van der Waals surface area (Å²) in [6.07, 6.45) is 0. The van der Waals surface area contributed by atoms with Crippen molar-refractivity contribution in [2.24, 2.45) is 0 Å². The molecule has 2 aromatic rings. The maximum absolute atomic E-state index is 5.28. The van der Waals surface area contributed by atoms with E-state index in [1.54, 1.807) is 7.11 Å². The molecule has 0 saturated carbocycles. The number of fused-ring (bicyclic) bond motifs is 1. The van der Waals surface area contributed by atoms with E-state index in [1.165, 1.54) is 5.56 Å². The molecular weight excluding hydrogens is 242 g/mol. The molecule has 0 aliphatic heterocycles. The Morgan fingerprint density at radius 1 is 1.29 bits per heavy atom. The summed E-state index contributed by atoms with van der Waals surface area (Å²) in [6, 6.07) is 8.04. The van der Waals surface area contributed by atoms with E-state index in [0.29, 0.717) is 0 Å². The molecule has 0 amide bonds. The second-order valence-corrected chi connectivity index (χ2v) is 3.99. The van der Waals surface area contributed by atoms with Crippen LogP contribution >= 0.6 is 15.9 Å². The first kappa shape index (κ1) is 9.46. The molecule has 0 unspecified atom stereocenters. The van der Waals surface area contributed by atoms with E-state index >= 15 is 0 Å². The van der Waals surface area contributed by atoms with Gasteiger partial charge in [0.15, 0.2) is 0 Å². The Hall–Kier alpha value is -1.09. The lowest BCUT2D eigenvalue weighted by atomic mass is 10.1. The molecule has 0 N–H and O–H groups in total. The molecule has 2 nitrogen and oxygen atoms in total. The van der Waals surface area contributed by atoms with Gasteiger partial charge in [-0.2, -0.15) is 0 Å². The van der Waals surface area contributed by atoms with Crippen LogP contribution in [0, 0.1) is 6.92 Å². The van der Waals surface area contributed by atoms with Crippen molar-refractivity contribution in [2.45, 2.75) is 6.92 Å². The third kappa shape index (κ3) is 1.60. The van der Waals surface area contributed by atoms with Gasteiger partial charge in [0.1, 0.15) is 15.9 Å². The molecule has 0 saturated heterocycles. The van der Waals surface area contributed by atoms with Crippen molar-refractivity contribution in [1.82, 2.24) is 4.98 Å². The van der Waals surface area contributed by atoms with Crippen molar-refractivity contribution in [3.05, 3.63) is 34.4 Å². The Bertz CT molecular complexity index is 482. The molecule has 0 aliphatic rings. The second kappa shape index (κ2) is 3.58. The van der Waals surface area contributed by atoms with E-state index in [4.69, 9.17) is 4.74 Å². The number of nitrogens with zero attached hydrogens (tertiary/aromatic N) is 1. The van der Waals surface area contributed by atoms with Gasteiger partial charge in [-0.15, -0.1) is 0 Å². The van der Waals surface area contributed by atoms with Crippen LogP contribution in [-0.4, -0.2) is 12.1 Å². The summed E-state index contributed by atoms with van der Waals surface area (Å²) in [4.78, 5) is 4.38. The molecule has 14 heavy (non-hydrogen) atoms. The molecule has 1 aromatic carbocycles. The van der Waals surface area contributed by atoms with Crippen LogP contribution < -0.4 is 4.74 Å². The molecule has 0 fully saturated rings. The third-order valence-corrected chi connectivity index (χ3v) is 2.53. The molecule has 0 bridgehead atoms. The number of hydrogen-bond donors (Lipinski definition) is 0. The molecule has 2 rings (SSSR count). The third-order valence-electron chi connectivity index (χ3n) is 2.09. The molecule has 0 radical (unpaired) electrons. The number of aryl methyl sites for hydroxylation is 1. The highest BCUT2D eigenvalue weighted by Gasteiger charge is 2.04. The van der Waals surface area contributed by atoms with Gasteiger partial charge in [0.2, 0.25) is 0 Å². The van der Waals surface area contributed by atoms with Gasteiger partial charge in [-0.3, -0.25) is 0 Å². The first-order valence-corrected chi connectivity index (χ1v) is 5.11. The van der Waals surface area contributed by atoms with Gasteiger partial charge in [0.05, 0.1) is 7.11 Å². The number of aromatic nitrogens is 1. The van der Waals surface area contributed by atoms with E-state index in [0.717, 1.165) is 21.3 Å². The topological polar surface area (TPSA) is 22.1 Å². The molecule has 72 valence electrons. The standard InChI is InChI=1S/C11H10BrNO/c1-7-5-8-3-4-10(12)13-11(8)9(6-7)14-2/h3-6H,1-2H3. The summed E-state index contributed by atoms with van der Waals surface area (Å²) in [6.45, 7) is 2.05. The van der Waals surface area contributed by atoms with Gasteiger partial charge in [-0.25, -0.2) is 4.98 Å². The van der Waals surface area contributed by atoms with E-state index in [2.05, 4.69) is 27.0 Å². The van der Waals surface area contributed by atoms with Crippen LogP contribution in [-0.2, 0) is 0 Å². The number of hydrogen-bond acceptors (Lipinski definition) is 2. The number of methoxy groups -OCH3 is 1.